The molecule has 4 nitrogen and oxygen atoms in total. The number of amides is 1. The molecule has 2 atom stereocenters. The Bertz CT molecular complexity index is 617. The van der Waals surface area contributed by atoms with Gasteiger partial charge in [-0.05, 0) is 36.8 Å². The first-order valence-corrected chi connectivity index (χ1v) is 6.71. The van der Waals surface area contributed by atoms with E-state index in [4.69, 9.17) is 11.6 Å². The van der Waals surface area contributed by atoms with Gasteiger partial charge in [0.1, 0.15) is 11.5 Å². The summed E-state index contributed by atoms with van der Waals surface area (Å²) in [5.41, 5.74) is 0.728. The standard InChI is InChI=1S/C15H14ClFN2O2/c1-9(14(20)10-2-5-12(17)6-3-10)19-15(21)13-7-4-11(16)8-18-13/h2-9,14,20H,1H3,(H,19,21). The molecule has 0 aliphatic heterocycles. The van der Waals surface area contributed by atoms with Gasteiger partial charge in [0.05, 0.1) is 17.2 Å². The van der Waals surface area contributed by atoms with E-state index in [1.54, 1.807) is 13.0 Å². The van der Waals surface area contributed by atoms with Gasteiger partial charge < -0.3 is 10.4 Å². The number of benzene rings is 1. The molecule has 1 aromatic heterocycles. The van der Waals surface area contributed by atoms with Crippen LogP contribution in [0.25, 0.3) is 0 Å². The minimum absolute atomic E-state index is 0.206. The average molecular weight is 309 g/mol. The first kappa shape index (κ1) is 15.4. The Morgan fingerprint density at radius 1 is 1.29 bits per heavy atom. The number of rotatable bonds is 4. The molecule has 0 aliphatic carbocycles. The number of aliphatic hydroxyl groups is 1. The summed E-state index contributed by atoms with van der Waals surface area (Å²) in [6.45, 7) is 1.65. The van der Waals surface area contributed by atoms with Gasteiger partial charge in [-0.25, -0.2) is 9.37 Å². The van der Waals surface area contributed by atoms with Crippen LogP contribution < -0.4 is 5.32 Å². The minimum atomic E-state index is -0.943. The molecule has 1 amide bonds. The van der Waals surface area contributed by atoms with E-state index in [2.05, 4.69) is 10.3 Å². The number of carbonyl (C=O) groups excluding carboxylic acids is 1. The fourth-order valence-corrected chi connectivity index (χ4v) is 1.93. The highest BCUT2D eigenvalue weighted by molar-refractivity contribution is 6.30. The van der Waals surface area contributed by atoms with E-state index >= 15 is 0 Å². The molecule has 2 aromatic rings. The summed E-state index contributed by atoms with van der Waals surface area (Å²) < 4.78 is 12.8. The Labute approximate surface area is 126 Å². The predicted octanol–water partition coefficient (Wildman–Crippen LogP) is 2.73. The third-order valence-electron chi connectivity index (χ3n) is 3.00. The molecular formula is C15H14ClFN2O2. The van der Waals surface area contributed by atoms with Gasteiger partial charge in [0.25, 0.3) is 5.91 Å². The Morgan fingerprint density at radius 3 is 2.52 bits per heavy atom. The van der Waals surface area contributed by atoms with Crippen LogP contribution in [-0.2, 0) is 0 Å². The first-order valence-electron chi connectivity index (χ1n) is 6.33. The van der Waals surface area contributed by atoms with Crippen LogP contribution in [0.4, 0.5) is 4.39 Å². The van der Waals surface area contributed by atoms with Gasteiger partial charge in [0.2, 0.25) is 0 Å². The van der Waals surface area contributed by atoms with E-state index in [1.807, 2.05) is 0 Å². The SMILES string of the molecule is CC(NC(=O)c1ccc(Cl)cn1)C(O)c1ccc(F)cc1. The number of hydrogen-bond donors (Lipinski definition) is 2. The van der Waals surface area contributed by atoms with E-state index < -0.39 is 18.1 Å². The van der Waals surface area contributed by atoms with Crippen LogP contribution in [0.5, 0.6) is 0 Å². The zero-order valence-electron chi connectivity index (χ0n) is 11.3. The molecule has 6 heteroatoms. The molecule has 21 heavy (non-hydrogen) atoms. The zero-order valence-corrected chi connectivity index (χ0v) is 12.0. The number of nitrogens with zero attached hydrogens (tertiary/aromatic N) is 1. The van der Waals surface area contributed by atoms with Crippen molar-refractivity contribution >= 4 is 17.5 Å². The Hall–Kier alpha value is -1.98. The fourth-order valence-electron chi connectivity index (χ4n) is 1.82. The lowest BCUT2D eigenvalue weighted by atomic mass is 10.0. The predicted molar refractivity (Wildman–Crippen MR) is 77.5 cm³/mol. The molecule has 2 rings (SSSR count). The Kier molecular flexibility index (Phi) is 4.88. The summed E-state index contributed by atoms with van der Waals surface area (Å²) in [5.74, 6) is -0.798. The number of aromatic nitrogens is 1. The molecule has 2 N–H and O–H groups in total. The monoisotopic (exact) mass is 308 g/mol. The van der Waals surface area contributed by atoms with E-state index in [-0.39, 0.29) is 11.5 Å². The molecule has 1 aromatic carbocycles. The molecule has 2 unspecified atom stereocenters. The first-order chi connectivity index (χ1) is 9.97. The molecule has 0 radical (unpaired) electrons. The summed E-state index contributed by atoms with van der Waals surface area (Å²) in [4.78, 5) is 15.9. The Morgan fingerprint density at radius 2 is 1.95 bits per heavy atom. The maximum Gasteiger partial charge on any atom is 0.270 e. The molecule has 110 valence electrons. The van der Waals surface area contributed by atoms with Crippen molar-refractivity contribution in [2.24, 2.45) is 0 Å². The summed E-state index contributed by atoms with van der Waals surface area (Å²) >= 11 is 5.70. The minimum Gasteiger partial charge on any atom is -0.386 e. The second-order valence-corrected chi connectivity index (χ2v) is 5.06. The average Bonchev–Trinajstić information content (AvgIpc) is 2.47. The molecule has 0 spiro atoms. The van der Waals surface area contributed by atoms with Crippen molar-refractivity contribution in [2.45, 2.75) is 19.1 Å². The van der Waals surface area contributed by atoms with Crippen molar-refractivity contribution in [1.29, 1.82) is 0 Å². The van der Waals surface area contributed by atoms with Crippen molar-refractivity contribution in [3.05, 3.63) is 64.7 Å². The molecular weight excluding hydrogens is 295 g/mol. The van der Waals surface area contributed by atoms with E-state index in [0.717, 1.165) is 0 Å². The Balaban J connectivity index is 2.03. The van der Waals surface area contributed by atoms with Crippen LogP contribution in [0, 0.1) is 5.82 Å². The highest BCUT2D eigenvalue weighted by Crippen LogP contribution is 2.17. The number of halogens is 2. The summed E-state index contributed by atoms with van der Waals surface area (Å²) in [6.07, 6.45) is 0.430. The third kappa shape index (κ3) is 4.00. The lowest BCUT2D eigenvalue weighted by molar-refractivity contribution is 0.0847. The highest BCUT2D eigenvalue weighted by Gasteiger charge is 2.19. The van der Waals surface area contributed by atoms with Crippen LogP contribution in [0.15, 0.2) is 42.6 Å². The van der Waals surface area contributed by atoms with Crippen LogP contribution in [0.1, 0.15) is 29.1 Å². The molecule has 1 heterocycles. The highest BCUT2D eigenvalue weighted by atomic mass is 35.5. The maximum absolute atomic E-state index is 12.8. The van der Waals surface area contributed by atoms with Crippen LogP contribution in [-0.4, -0.2) is 22.0 Å². The topological polar surface area (TPSA) is 62.2 Å². The van der Waals surface area contributed by atoms with Gasteiger partial charge in [-0.1, -0.05) is 23.7 Å². The van der Waals surface area contributed by atoms with Crippen LogP contribution in [0.3, 0.4) is 0 Å². The summed E-state index contributed by atoms with van der Waals surface area (Å²) in [6, 6.07) is 7.97. The molecule has 0 saturated heterocycles. The number of pyridine rings is 1. The van der Waals surface area contributed by atoms with E-state index in [1.165, 1.54) is 36.5 Å². The number of aliphatic hydroxyl groups excluding tert-OH is 1. The number of hydrogen-bond acceptors (Lipinski definition) is 3. The quantitative estimate of drug-likeness (QED) is 0.913. The smallest absolute Gasteiger partial charge is 0.270 e. The number of nitrogens with one attached hydrogen (secondary N) is 1. The van der Waals surface area contributed by atoms with Crippen molar-refractivity contribution < 1.29 is 14.3 Å². The summed E-state index contributed by atoms with van der Waals surface area (Å²) in [5, 5.41) is 13.2. The van der Waals surface area contributed by atoms with Crippen LogP contribution in [0.2, 0.25) is 5.02 Å². The maximum atomic E-state index is 12.8. The van der Waals surface area contributed by atoms with Gasteiger partial charge in [-0.2, -0.15) is 0 Å². The normalized spacial score (nSPS) is 13.5. The molecule has 0 bridgehead atoms. The lowest BCUT2D eigenvalue weighted by Crippen LogP contribution is -2.37. The molecule has 0 aliphatic rings. The van der Waals surface area contributed by atoms with Crippen molar-refractivity contribution in [3.63, 3.8) is 0 Å². The van der Waals surface area contributed by atoms with Crippen LogP contribution >= 0.6 is 11.6 Å². The van der Waals surface area contributed by atoms with Crippen molar-refractivity contribution in [1.82, 2.24) is 10.3 Å². The van der Waals surface area contributed by atoms with Crippen molar-refractivity contribution in [3.8, 4) is 0 Å². The van der Waals surface area contributed by atoms with Gasteiger partial charge in [-0.15, -0.1) is 0 Å². The molecule has 0 fully saturated rings. The lowest BCUT2D eigenvalue weighted by Gasteiger charge is -2.20. The second kappa shape index (κ2) is 6.65. The van der Waals surface area contributed by atoms with Gasteiger partial charge in [-0.3, -0.25) is 4.79 Å². The third-order valence-corrected chi connectivity index (χ3v) is 3.23. The number of carbonyl (C=O) groups is 1. The van der Waals surface area contributed by atoms with E-state index in [0.29, 0.717) is 10.6 Å². The zero-order chi connectivity index (χ0) is 15.4. The molecule has 0 saturated carbocycles. The summed E-state index contributed by atoms with van der Waals surface area (Å²) in [7, 11) is 0. The second-order valence-electron chi connectivity index (χ2n) is 4.62. The largest absolute Gasteiger partial charge is 0.386 e. The van der Waals surface area contributed by atoms with Crippen molar-refractivity contribution in [2.75, 3.05) is 0 Å². The van der Waals surface area contributed by atoms with Gasteiger partial charge in [0.15, 0.2) is 0 Å². The van der Waals surface area contributed by atoms with Gasteiger partial charge >= 0.3 is 0 Å². The van der Waals surface area contributed by atoms with E-state index in [9.17, 15) is 14.3 Å². The fraction of sp³-hybridized carbons (Fsp3) is 0.200. The van der Waals surface area contributed by atoms with Gasteiger partial charge in [0, 0.05) is 6.20 Å².